The average Bonchev–Trinajstić information content (AvgIpc) is 3.30. The zero-order valence-electron chi connectivity index (χ0n) is 21.2. The fourth-order valence-corrected chi connectivity index (χ4v) is 3.64. The number of nitrogens with zero attached hydrogens (tertiary/aromatic N) is 2. The number of rotatable bonds is 14. The number of amides is 3. The Bertz CT molecular complexity index is 994. The molecule has 3 atom stereocenters. The Hall–Kier alpha value is -3.73. The van der Waals surface area contributed by atoms with Crippen molar-refractivity contribution in [2.45, 2.75) is 51.2 Å². The molecule has 2 aromatic rings. The third-order valence-electron chi connectivity index (χ3n) is 5.32. The molecular weight excluding hydrogens is 464 g/mol. The molecule has 0 saturated carbocycles. The van der Waals surface area contributed by atoms with Crippen molar-refractivity contribution < 1.29 is 24.3 Å². The molecule has 5 N–H and O–H groups in total. The van der Waals surface area contributed by atoms with Gasteiger partial charge in [0.2, 0.25) is 17.7 Å². The van der Waals surface area contributed by atoms with Gasteiger partial charge in [0.1, 0.15) is 18.1 Å². The minimum atomic E-state index is -1.15. The number of hydrogen-bond acceptors (Lipinski definition) is 6. The van der Waals surface area contributed by atoms with E-state index in [9.17, 15) is 24.3 Å². The Morgan fingerprint density at radius 3 is 2.08 bits per heavy atom. The summed E-state index contributed by atoms with van der Waals surface area (Å²) < 4.78 is 0. The summed E-state index contributed by atoms with van der Waals surface area (Å²) in [6.07, 6.45) is 3.54. The van der Waals surface area contributed by atoms with E-state index in [1.165, 1.54) is 6.33 Å². The molecule has 2 rings (SSSR count). The monoisotopic (exact) mass is 500 g/mol. The minimum Gasteiger partial charge on any atom is -0.480 e. The maximum Gasteiger partial charge on any atom is 0.326 e. The lowest BCUT2D eigenvalue weighted by Crippen LogP contribution is -2.57. The SMILES string of the molecule is CC(C)C[C@H](NC(=O)[C@H](Cc1c[nH]cn1)NC(=O)[C@H](Cc1ccccc1)NC(=O)CN(C)C)C(=O)O. The van der Waals surface area contributed by atoms with Crippen LogP contribution in [0.1, 0.15) is 31.5 Å². The van der Waals surface area contributed by atoms with Gasteiger partial charge in [-0.2, -0.15) is 0 Å². The lowest BCUT2D eigenvalue weighted by atomic mass is 10.0. The number of H-pyrrole nitrogens is 1. The van der Waals surface area contributed by atoms with Crippen LogP contribution in [0.2, 0.25) is 0 Å². The van der Waals surface area contributed by atoms with Gasteiger partial charge in [0.15, 0.2) is 0 Å². The molecule has 11 heteroatoms. The first-order chi connectivity index (χ1) is 17.0. The predicted octanol–water partition coefficient (Wildman–Crippen LogP) is 0.342. The van der Waals surface area contributed by atoms with Crippen LogP contribution < -0.4 is 16.0 Å². The van der Waals surface area contributed by atoms with Crippen molar-refractivity contribution >= 4 is 23.7 Å². The first-order valence-corrected chi connectivity index (χ1v) is 11.8. The zero-order chi connectivity index (χ0) is 26.7. The molecule has 0 radical (unpaired) electrons. The van der Waals surface area contributed by atoms with Gasteiger partial charge >= 0.3 is 5.97 Å². The number of aliphatic carboxylic acids is 1. The van der Waals surface area contributed by atoms with Crippen LogP contribution in [0.25, 0.3) is 0 Å². The van der Waals surface area contributed by atoms with E-state index in [1.807, 2.05) is 44.2 Å². The molecule has 0 aliphatic carbocycles. The standard InChI is InChI=1S/C25H36N6O5/c1-16(2)10-21(25(35)36)30-24(34)20(12-18-13-26-15-27-18)29-23(33)19(28-22(32)14-31(3)4)11-17-8-6-5-7-9-17/h5-9,13,15-16,19-21H,10-12,14H2,1-4H3,(H,26,27)(H,28,32)(H,29,33)(H,30,34)(H,35,36)/t19-,20-,21-/m0/s1. The number of benzene rings is 1. The van der Waals surface area contributed by atoms with Crippen molar-refractivity contribution in [3.8, 4) is 0 Å². The van der Waals surface area contributed by atoms with Crippen LogP contribution in [0.3, 0.4) is 0 Å². The number of carboxylic acid groups (broad SMARTS) is 1. The third kappa shape index (κ3) is 9.87. The number of nitrogens with one attached hydrogen (secondary N) is 4. The third-order valence-corrected chi connectivity index (χ3v) is 5.32. The Morgan fingerprint density at radius 2 is 1.56 bits per heavy atom. The molecule has 0 saturated heterocycles. The first-order valence-electron chi connectivity index (χ1n) is 11.8. The Kier molecular flexibility index (Phi) is 11.1. The molecule has 1 aromatic heterocycles. The van der Waals surface area contributed by atoms with Crippen LogP contribution in [0.4, 0.5) is 0 Å². The molecule has 0 aliphatic heterocycles. The van der Waals surface area contributed by atoms with Crippen molar-refractivity contribution in [2.24, 2.45) is 5.92 Å². The van der Waals surface area contributed by atoms with Gasteiger partial charge in [-0.15, -0.1) is 0 Å². The number of aromatic amines is 1. The summed E-state index contributed by atoms with van der Waals surface area (Å²) in [5, 5.41) is 17.5. The highest BCUT2D eigenvalue weighted by Crippen LogP contribution is 2.08. The molecule has 0 spiro atoms. The number of likely N-dealkylation sites (N-methyl/N-ethyl adjacent to an activating group) is 1. The molecular formula is C25H36N6O5. The minimum absolute atomic E-state index is 0.0351. The van der Waals surface area contributed by atoms with E-state index in [4.69, 9.17) is 0 Å². The van der Waals surface area contributed by atoms with E-state index in [2.05, 4.69) is 25.9 Å². The van der Waals surface area contributed by atoms with Gasteiger partial charge in [0, 0.05) is 19.0 Å². The largest absolute Gasteiger partial charge is 0.480 e. The number of carboxylic acids is 1. The number of aromatic nitrogens is 2. The first kappa shape index (κ1) is 28.5. The van der Waals surface area contributed by atoms with E-state index < -0.39 is 35.9 Å². The summed E-state index contributed by atoms with van der Waals surface area (Å²) in [5.74, 6) is -2.66. The number of carbonyl (C=O) groups is 4. The summed E-state index contributed by atoms with van der Waals surface area (Å²) in [5.41, 5.74) is 1.35. The van der Waals surface area contributed by atoms with Crippen LogP contribution in [-0.4, -0.2) is 82.4 Å². The summed E-state index contributed by atoms with van der Waals surface area (Å²) in [7, 11) is 3.48. The lowest BCUT2D eigenvalue weighted by molar-refractivity contribution is -0.142. The number of imidazole rings is 1. The molecule has 1 heterocycles. The van der Waals surface area contributed by atoms with Crippen molar-refractivity contribution in [3.05, 3.63) is 54.1 Å². The molecule has 0 fully saturated rings. The Morgan fingerprint density at radius 1 is 0.944 bits per heavy atom. The quantitative estimate of drug-likeness (QED) is 0.250. The van der Waals surface area contributed by atoms with Crippen molar-refractivity contribution in [1.82, 2.24) is 30.8 Å². The Labute approximate surface area is 211 Å². The lowest BCUT2D eigenvalue weighted by Gasteiger charge is -2.25. The van der Waals surface area contributed by atoms with E-state index in [0.29, 0.717) is 5.69 Å². The number of hydrogen-bond donors (Lipinski definition) is 5. The topological polar surface area (TPSA) is 157 Å². The molecule has 11 nitrogen and oxygen atoms in total. The summed E-state index contributed by atoms with van der Waals surface area (Å²) in [4.78, 5) is 59.2. The van der Waals surface area contributed by atoms with Crippen molar-refractivity contribution in [1.29, 1.82) is 0 Å². The molecule has 1 aromatic carbocycles. The van der Waals surface area contributed by atoms with Crippen molar-refractivity contribution in [3.63, 3.8) is 0 Å². The normalized spacial score (nSPS) is 13.6. The summed E-state index contributed by atoms with van der Waals surface area (Å²) >= 11 is 0. The van der Waals surface area contributed by atoms with Gasteiger partial charge in [0.05, 0.1) is 18.6 Å². The predicted molar refractivity (Wildman–Crippen MR) is 134 cm³/mol. The number of carbonyl (C=O) groups excluding carboxylic acids is 3. The van der Waals surface area contributed by atoms with Gasteiger partial charge < -0.3 is 30.9 Å². The summed E-state index contributed by atoms with van der Waals surface area (Å²) in [6.45, 7) is 3.80. The molecule has 36 heavy (non-hydrogen) atoms. The van der Waals surface area contributed by atoms with E-state index in [0.717, 1.165) is 5.56 Å². The van der Waals surface area contributed by atoms with Gasteiger partial charge in [-0.25, -0.2) is 9.78 Å². The second-order valence-corrected chi connectivity index (χ2v) is 9.40. The highest BCUT2D eigenvalue weighted by Gasteiger charge is 2.30. The van der Waals surface area contributed by atoms with Gasteiger partial charge in [-0.05, 0) is 32.0 Å². The molecule has 0 aliphatic rings. The molecule has 0 unspecified atom stereocenters. The van der Waals surface area contributed by atoms with E-state index in [1.54, 1.807) is 25.2 Å². The maximum absolute atomic E-state index is 13.3. The fourth-order valence-electron chi connectivity index (χ4n) is 3.64. The van der Waals surface area contributed by atoms with Gasteiger partial charge in [0.25, 0.3) is 0 Å². The zero-order valence-corrected chi connectivity index (χ0v) is 21.2. The highest BCUT2D eigenvalue weighted by molar-refractivity contribution is 5.93. The van der Waals surface area contributed by atoms with Crippen LogP contribution in [0, 0.1) is 5.92 Å². The van der Waals surface area contributed by atoms with E-state index >= 15 is 0 Å². The highest BCUT2D eigenvalue weighted by atomic mass is 16.4. The molecule has 0 bridgehead atoms. The molecule has 3 amide bonds. The van der Waals surface area contributed by atoms with Crippen molar-refractivity contribution in [2.75, 3.05) is 20.6 Å². The molecule has 196 valence electrons. The van der Waals surface area contributed by atoms with Gasteiger partial charge in [-0.1, -0.05) is 44.2 Å². The average molecular weight is 501 g/mol. The second kappa shape index (κ2) is 14.0. The smallest absolute Gasteiger partial charge is 0.326 e. The van der Waals surface area contributed by atoms with Crippen LogP contribution in [0.15, 0.2) is 42.9 Å². The fraction of sp³-hybridized carbons (Fsp3) is 0.480. The maximum atomic E-state index is 13.3. The van der Waals surface area contributed by atoms with Crippen LogP contribution in [0.5, 0.6) is 0 Å². The van der Waals surface area contributed by atoms with E-state index in [-0.39, 0.29) is 37.6 Å². The van der Waals surface area contributed by atoms with Crippen LogP contribution >= 0.6 is 0 Å². The Balaban J connectivity index is 2.24. The summed E-state index contributed by atoms with van der Waals surface area (Å²) in [6, 6.07) is 6.06. The van der Waals surface area contributed by atoms with Gasteiger partial charge in [-0.3, -0.25) is 14.4 Å². The second-order valence-electron chi connectivity index (χ2n) is 9.40. The van der Waals surface area contributed by atoms with Crippen LogP contribution in [-0.2, 0) is 32.0 Å².